The van der Waals surface area contributed by atoms with Crippen molar-refractivity contribution in [2.75, 3.05) is 0 Å². The van der Waals surface area contributed by atoms with E-state index in [9.17, 15) is 14.0 Å². The van der Waals surface area contributed by atoms with Crippen molar-refractivity contribution in [3.63, 3.8) is 0 Å². The van der Waals surface area contributed by atoms with Gasteiger partial charge in [0, 0.05) is 11.4 Å². The van der Waals surface area contributed by atoms with Gasteiger partial charge in [-0.05, 0) is 43.3 Å². The third-order valence-corrected chi connectivity index (χ3v) is 2.63. The zero-order chi connectivity index (χ0) is 13.3. The lowest BCUT2D eigenvalue weighted by atomic mass is 10.2. The van der Waals surface area contributed by atoms with E-state index in [1.165, 1.54) is 34.9 Å². The number of rotatable bonds is 2. The van der Waals surface area contributed by atoms with Crippen molar-refractivity contribution in [3.8, 4) is 5.69 Å². The molecule has 0 aliphatic carbocycles. The Morgan fingerprint density at radius 2 is 1.70 bits per heavy atom. The van der Waals surface area contributed by atoms with E-state index in [4.69, 9.17) is 5.73 Å². The number of carbonyl (C=O) groups is 1. The molecule has 2 aromatic rings. The first-order valence-electron chi connectivity index (χ1n) is 5.29. The molecule has 0 saturated carbocycles. The van der Waals surface area contributed by atoms with Gasteiger partial charge in [-0.3, -0.25) is 14.2 Å². The molecule has 2 rings (SSSR count). The molecule has 0 radical (unpaired) electrons. The molecule has 0 spiro atoms. The molecule has 5 nitrogen and oxygen atoms in total. The van der Waals surface area contributed by atoms with E-state index in [0.717, 1.165) is 0 Å². The second kappa shape index (κ2) is 6.83. The quantitative estimate of drug-likeness (QED) is 0.886. The van der Waals surface area contributed by atoms with Crippen molar-refractivity contribution in [2.24, 2.45) is 5.73 Å². The van der Waals surface area contributed by atoms with Crippen LogP contribution >= 0.6 is 12.4 Å². The highest BCUT2D eigenvalue weighted by atomic mass is 35.5. The summed E-state index contributed by atoms with van der Waals surface area (Å²) < 4.78 is 14.2. The largest absolute Gasteiger partial charge is 0.365 e. The third-order valence-electron chi connectivity index (χ3n) is 2.63. The molecular formula is C13H15ClFN3O2. The van der Waals surface area contributed by atoms with Crippen LogP contribution in [0.2, 0.25) is 0 Å². The summed E-state index contributed by atoms with van der Waals surface area (Å²) in [6, 6.07) is 8.43. The standard InChI is InChI=1S/C13H11FN2O2.ClH.H3N/c1-8-2-7-11(12(15)17)13(18)16(8)10-5-3-9(14)4-6-10;;/h2-7H,1H3,(H2,15,17);1H;1H3. The summed E-state index contributed by atoms with van der Waals surface area (Å²) in [5.41, 5.74) is 5.65. The number of aromatic nitrogens is 1. The molecule has 108 valence electrons. The van der Waals surface area contributed by atoms with Crippen molar-refractivity contribution in [2.45, 2.75) is 6.92 Å². The molecule has 0 saturated heterocycles. The highest BCUT2D eigenvalue weighted by Gasteiger charge is 2.11. The minimum Gasteiger partial charge on any atom is -0.365 e. The molecular weight excluding hydrogens is 285 g/mol. The van der Waals surface area contributed by atoms with E-state index < -0.39 is 17.3 Å². The average molecular weight is 300 g/mol. The Morgan fingerprint density at radius 1 is 1.15 bits per heavy atom. The second-order valence-electron chi connectivity index (χ2n) is 3.87. The number of aryl methyl sites for hydroxylation is 1. The van der Waals surface area contributed by atoms with Gasteiger partial charge in [0.05, 0.1) is 0 Å². The normalized spacial score (nSPS) is 9.30. The number of nitrogens with zero attached hydrogens (tertiary/aromatic N) is 1. The number of hydrogen-bond donors (Lipinski definition) is 2. The first-order chi connectivity index (χ1) is 8.50. The second-order valence-corrected chi connectivity index (χ2v) is 3.87. The van der Waals surface area contributed by atoms with Gasteiger partial charge in [0.15, 0.2) is 0 Å². The van der Waals surface area contributed by atoms with Crippen molar-refractivity contribution < 1.29 is 9.18 Å². The lowest BCUT2D eigenvalue weighted by molar-refractivity contribution is 0.0998. The highest BCUT2D eigenvalue weighted by molar-refractivity contribution is 5.92. The average Bonchev–Trinajstić information content (AvgIpc) is 2.31. The first-order valence-corrected chi connectivity index (χ1v) is 5.29. The number of amides is 1. The molecule has 0 aliphatic rings. The minimum absolute atomic E-state index is 0. The van der Waals surface area contributed by atoms with E-state index in [-0.39, 0.29) is 24.1 Å². The zero-order valence-electron chi connectivity index (χ0n) is 10.8. The fraction of sp³-hybridized carbons (Fsp3) is 0.0769. The van der Waals surface area contributed by atoms with Crippen LogP contribution in [0.15, 0.2) is 41.2 Å². The Morgan fingerprint density at radius 3 is 2.20 bits per heavy atom. The molecule has 7 heteroatoms. The van der Waals surface area contributed by atoms with E-state index >= 15 is 0 Å². The minimum atomic E-state index is -0.782. The van der Waals surface area contributed by atoms with Crippen LogP contribution in [-0.4, -0.2) is 10.5 Å². The molecule has 0 unspecified atom stereocenters. The predicted molar refractivity (Wildman–Crippen MR) is 77.5 cm³/mol. The molecule has 1 aromatic heterocycles. The van der Waals surface area contributed by atoms with Crippen molar-refractivity contribution >= 4 is 18.3 Å². The first kappa shape index (κ1) is 17.8. The number of benzene rings is 1. The monoisotopic (exact) mass is 299 g/mol. The maximum absolute atomic E-state index is 12.8. The molecule has 0 aliphatic heterocycles. The molecule has 0 fully saturated rings. The van der Waals surface area contributed by atoms with Crippen LogP contribution in [0.25, 0.3) is 5.69 Å². The van der Waals surface area contributed by atoms with Crippen LogP contribution < -0.4 is 17.4 Å². The molecule has 1 heterocycles. The summed E-state index contributed by atoms with van der Waals surface area (Å²) in [6.45, 7) is 1.72. The summed E-state index contributed by atoms with van der Waals surface area (Å²) in [7, 11) is 0. The van der Waals surface area contributed by atoms with Gasteiger partial charge in [-0.2, -0.15) is 0 Å². The smallest absolute Gasteiger partial charge is 0.268 e. The number of carbonyl (C=O) groups excluding carboxylic acids is 1. The van der Waals surface area contributed by atoms with Crippen LogP contribution in [0.5, 0.6) is 0 Å². The summed E-state index contributed by atoms with van der Waals surface area (Å²) in [6.07, 6.45) is 0. The number of hydrogen-bond acceptors (Lipinski definition) is 3. The number of pyridine rings is 1. The maximum atomic E-state index is 12.8. The third kappa shape index (κ3) is 3.23. The van der Waals surface area contributed by atoms with E-state index in [2.05, 4.69) is 0 Å². The van der Waals surface area contributed by atoms with E-state index in [0.29, 0.717) is 11.4 Å². The highest BCUT2D eigenvalue weighted by Crippen LogP contribution is 2.10. The summed E-state index contributed by atoms with van der Waals surface area (Å²) in [4.78, 5) is 23.2. The predicted octanol–water partition coefficient (Wildman–Crippen LogP) is 1.97. The van der Waals surface area contributed by atoms with E-state index in [1.807, 2.05) is 0 Å². The van der Waals surface area contributed by atoms with Crippen LogP contribution in [-0.2, 0) is 0 Å². The van der Waals surface area contributed by atoms with Crippen LogP contribution in [0, 0.1) is 12.7 Å². The van der Waals surface area contributed by atoms with Gasteiger partial charge in [-0.25, -0.2) is 4.39 Å². The zero-order valence-corrected chi connectivity index (χ0v) is 11.6. The lowest BCUT2D eigenvalue weighted by Gasteiger charge is -2.10. The molecule has 0 bridgehead atoms. The number of halogens is 2. The fourth-order valence-electron chi connectivity index (χ4n) is 1.73. The lowest BCUT2D eigenvalue weighted by Crippen LogP contribution is -2.29. The SMILES string of the molecule is Cc1ccc(C(N)=O)c(=O)n1-c1ccc(F)cc1.Cl.N. The fourth-order valence-corrected chi connectivity index (χ4v) is 1.73. The summed E-state index contributed by atoms with van der Waals surface area (Å²) >= 11 is 0. The number of primary amides is 1. The van der Waals surface area contributed by atoms with Gasteiger partial charge in [0.25, 0.3) is 11.5 Å². The van der Waals surface area contributed by atoms with Gasteiger partial charge >= 0.3 is 0 Å². The Balaban J connectivity index is 0.00000180. The van der Waals surface area contributed by atoms with Gasteiger partial charge in [0.2, 0.25) is 0 Å². The molecule has 5 N–H and O–H groups in total. The van der Waals surface area contributed by atoms with Crippen LogP contribution in [0.3, 0.4) is 0 Å². The molecule has 1 aromatic carbocycles. The Kier molecular flexibility index (Phi) is 6.09. The van der Waals surface area contributed by atoms with Gasteiger partial charge in [0.1, 0.15) is 11.4 Å². The summed E-state index contributed by atoms with van der Waals surface area (Å²) in [5.74, 6) is -1.17. The van der Waals surface area contributed by atoms with Crippen LogP contribution in [0.4, 0.5) is 4.39 Å². The van der Waals surface area contributed by atoms with Gasteiger partial charge < -0.3 is 11.9 Å². The Hall–Kier alpha value is -2.18. The van der Waals surface area contributed by atoms with Crippen molar-refractivity contribution in [1.82, 2.24) is 10.7 Å². The Labute approximate surface area is 121 Å². The molecule has 0 atom stereocenters. The van der Waals surface area contributed by atoms with Crippen LogP contribution in [0.1, 0.15) is 16.1 Å². The molecule has 1 amide bonds. The summed E-state index contributed by atoms with van der Waals surface area (Å²) in [5, 5.41) is 0. The maximum Gasteiger partial charge on any atom is 0.268 e. The molecule has 20 heavy (non-hydrogen) atoms. The topological polar surface area (TPSA) is 100 Å². The van der Waals surface area contributed by atoms with E-state index in [1.54, 1.807) is 13.0 Å². The van der Waals surface area contributed by atoms with Crippen molar-refractivity contribution in [1.29, 1.82) is 0 Å². The number of nitrogens with two attached hydrogens (primary N) is 1. The Bertz CT molecular complexity index is 668. The van der Waals surface area contributed by atoms with Gasteiger partial charge in [-0.15, -0.1) is 12.4 Å². The van der Waals surface area contributed by atoms with Crippen molar-refractivity contribution in [3.05, 3.63) is 63.8 Å². The van der Waals surface area contributed by atoms with Gasteiger partial charge in [-0.1, -0.05) is 0 Å².